The zero-order valence-electron chi connectivity index (χ0n) is 64.5. The highest BCUT2D eigenvalue weighted by Gasteiger charge is 2.47. The zero-order chi connectivity index (χ0) is 82.0. The molecule has 0 radical (unpaired) electrons. The molecule has 0 spiro atoms. The molecule has 3 saturated heterocycles. The van der Waals surface area contributed by atoms with Crippen LogP contribution >= 0.6 is 0 Å². The van der Waals surface area contributed by atoms with E-state index in [2.05, 4.69) is 25.1 Å². The standard InChI is InChI=1S/C31H34N2O8.C27H24N2O9.C27H25NO7/c1-20-28(33(30(20)34)23-17-26(37-3)29(39-5)27(18-23)38-4)22-12-13-24(36-2)25(16-22)40-15-9-14-32-31(35)41-19-21-10-7-6-8-11-21;1-15-24(28(26(15)30)19-13-22(35-3)25(37-5)23(14-19)36-4)17-8-11-20(34-2)21(12-17)38-27(31)16-6-9-18(10-7-16)29(32)33;1-16-24(28(26(16)29)19-14-22(32-3)25(34-5)23(15-19)33-4)18-11-12-20(31-2)21(13-18)35-27(30)17-9-7-6-8-10-17/h6-8,10-13,16-18,28H,1,9,14-15,19H2,2-5H3,(H,32,35);6-14,24H,1H2,2-5H3;6-15,24H,1H2,2-5H3/t28-;2*24-/m111/s1. The van der Waals surface area contributed by atoms with Crippen molar-refractivity contribution in [3.8, 4) is 86.2 Å². The molecule has 3 aliphatic rings. The summed E-state index contributed by atoms with van der Waals surface area (Å²) in [6.07, 6.45) is 0.0495. The van der Waals surface area contributed by atoms with Crippen molar-refractivity contribution in [2.75, 3.05) is 113 Å². The molecule has 0 bridgehead atoms. The van der Waals surface area contributed by atoms with Crippen molar-refractivity contribution in [3.63, 3.8) is 0 Å². The van der Waals surface area contributed by atoms with E-state index in [0.717, 1.165) is 11.1 Å². The number of methoxy groups -OCH3 is 12. The Morgan fingerprint density at radius 2 is 0.719 bits per heavy atom. The number of hydrogen-bond acceptors (Lipinski definition) is 24. The van der Waals surface area contributed by atoms with Gasteiger partial charge in [0.15, 0.2) is 69.0 Å². The van der Waals surface area contributed by atoms with Gasteiger partial charge in [-0.05, 0) is 89.3 Å². The lowest BCUT2D eigenvalue weighted by Crippen LogP contribution is -2.48. The van der Waals surface area contributed by atoms with E-state index in [1.165, 1.54) is 107 Å². The number of carbonyl (C=O) groups is 6. The summed E-state index contributed by atoms with van der Waals surface area (Å²) < 4.78 is 87.5. The third-order valence-corrected chi connectivity index (χ3v) is 18.3. The molecule has 4 amide bonds. The van der Waals surface area contributed by atoms with Crippen molar-refractivity contribution in [2.45, 2.75) is 31.2 Å². The summed E-state index contributed by atoms with van der Waals surface area (Å²) in [5.74, 6) is 3.70. The van der Waals surface area contributed by atoms with E-state index in [9.17, 15) is 38.9 Å². The van der Waals surface area contributed by atoms with Crippen molar-refractivity contribution in [1.29, 1.82) is 0 Å². The number of carbonyl (C=O) groups excluding carboxylic acids is 6. The average Bonchev–Trinajstić information content (AvgIpc) is 0.748. The summed E-state index contributed by atoms with van der Waals surface area (Å²) >= 11 is 0. The van der Waals surface area contributed by atoms with Crippen LogP contribution in [0.15, 0.2) is 212 Å². The summed E-state index contributed by atoms with van der Waals surface area (Å²) in [7, 11) is 18.0. The van der Waals surface area contributed by atoms with Crippen molar-refractivity contribution < 1.29 is 109 Å². The van der Waals surface area contributed by atoms with E-state index in [0.29, 0.717) is 139 Å². The van der Waals surface area contributed by atoms with Crippen LogP contribution in [0.25, 0.3) is 0 Å². The molecule has 0 saturated carbocycles. The predicted octanol–water partition coefficient (Wildman–Crippen LogP) is 14.1. The summed E-state index contributed by atoms with van der Waals surface area (Å²) in [6, 6.07) is 47.3. The number of ether oxygens (including phenoxy) is 16. The number of rotatable bonds is 30. The monoisotopic (exact) mass is 1560 g/mol. The minimum Gasteiger partial charge on any atom is -0.493 e. The van der Waals surface area contributed by atoms with Crippen molar-refractivity contribution in [1.82, 2.24) is 5.32 Å². The number of benzene rings is 9. The first-order chi connectivity index (χ1) is 55.1. The first kappa shape index (κ1) is 82.1. The van der Waals surface area contributed by atoms with Gasteiger partial charge in [-0.15, -0.1) is 0 Å². The molecule has 0 aromatic heterocycles. The van der Waals surface area contributed by atoms with Gasteiger partial charge in [-0.1, -0.05) is 86.5 Å². The van der Waals surface area contributed by atoms with Gasteiger partial charge in [0.25, 0.3) is 23.4 Å². The van der Waals surface area contributed by atoms with Gasteiger partial charge in [0.1, 0.15) is 6.61 Å². The summed E-state index contributed by atoms with van der Waals surface area (Å²) in [5.41, 5.74) is 6.14. The van der Waals surface area contributed by atoms with E-state index in [1.54, 1.807) is 120 Å². The Morgan fingerprint density at radius 3 is 1.05 bits per heavy atom. The number of non-ortho nitro benzene ring substituents is 1. The molecule has 1 N–H and O–H groups in total. The smallest absolute Gasteiger partial charge is 0.407 e. The summed E-state index contributed by atoms with van der Waals surface area (Å²) in [5, 5.41) is 13.6. The van der Waals surface area contributed by atoms with Crippen molar-refractivity contribution >= 4 is 58.5 Å². The molecular weight excluding hydrogens is 1470 g/mol. The highest BCUT2D eigenvalue weighted by molar-refractivity contribution is 6.17. The maximum absolute atomic E-state index is 12.9. The van der Waals surface area contributed by atoms with Gasteiger partial charge in [-0.25, -0.2) is 14.4 Å². The molecular formula is C85H83N5O24. The van der Waals surface area contributed by atoms with Crippen LogP contribution in [0.4, 0.5) is 27.5 Å². The molecule has 0 unspecified atom stereocenters. The highest BCUT2D eigenvalue weighted by atomic mass is 16.6. The second kappa shape index (κ2) is 37.4. The zero-order valence-corrected chi connectivity index (χ0v) is 64.5. The SMILES string of the molecule is C=C1C(=O)N(c2cc(OC)c(OC)c(OC)c2)[C@H]1c1ccc(OC)c(OC(=O)c2ccc([N+](=O)[O-])cc2)c1.C=C1C(=O)N(c2cc(OC)c(OC)c(OC)c2)[C@H]1c1ccc(OC)c(OC(=O)c2ccccc2)c1.C=C1C(=O)N(c2cc(OC)c(OC)c(OC)c2)[C@H]1c1ccc(OC)c(OCCCNC(=O)OCc2ccccc2)c1. The molecule has 592 valence electrons. The van der Waals surface area contributed by atoms with Gasteiger partial charge in [0.2, 0.25) is 17.2 Å². The van der Waals surface area contributed by atoms with Crippen LogP contribution in [-0.2, 0) is 25.7 Å². The quantitative estimate of drug-likeness (QED) is 0.00831. The van der Waals surface area contributed by atoms with Gasteiger partial charge in [-0.3, -0.25) is 39.2 Å². The number of esters is 2. The first-order valence-corrected chi connectivity index (χ1v) is 34.9. The topological polar surface area (TPSA) is 315 Å². The molecule has 3 atom stereocenters. The van der Waals surface area contributed by atoms with E-state index in [-0.39, 0.29) is 52.8 Å². The largest absolute Gasteiger partial charge is 0.493 e. The Hall–Kier alpha value is -14.4. The fourth-order valence-electron chi connectivity index (χ4n) is 12.6. The Morgan fingerprint density at radius 1 is 0.395 bits per heavy atom. The third kappa shape index (κ3) is 17.6. The molecule has 3 aliphatic heterocycles. The molecule has 12 rings (SSSR count). The fourth-order valence-corrected chi connectivity index (χ4v) is 12.6. The number of nitrogens with zero attached hydrogens (tertiary/aromatic N) is 4. The van der Waals surface area contributed by atoms with Crippen LogP contribution < -0.4 is 91.1 Å². The number of amides is 4. The lowest BCUT2D eigenvalue weighted by Gasteiger charge is -2.42. The number of β-lactam (4-membered cyclic amide) rings is 3. The molecule has 114 heavy (non-hydrogen) atoms. The van der Waals surface area contributed by atoms with Crippen LogP contribution in [-0.4, -0.2) is 139 Å². The maximum atomic E-state index is 12.9. The minimum atomic E-state index is -0.736. The number of nitro benzene ring substituents is 1. The Labute approximate surface area is 656 Å². The van der Waals surface area contributed by atoms with Gasteiger partial charge in [0.05, 0.1) is 143 Å². The molecule has 29 nitrogen and oxygen atoms in total. The van der Waals surface area contributed by atoms with E-state index < -0.39 is 41.1 Å². The Bertz CT molecular complexity index is 5040. The number of anilines is 3. The molecule has 3 fully saturated rings. The Kier molecular flexibility index (Phi) is 26.9. The van der Waals surface area contributed by atoms with Gasteiger partial charge in [0, 0.05) is 71.8 Å². The lowest BCUT2D eigenvalue weighted by molar-refractivity contribution is -0.384. The third-order valence-electron chi connectivity index (χ3n) is 18.3. The van der Waals surface area contributed by atoms with E-state index >= 15 is 0 Å². The van der Waals surface area contributed by atoms with Gasteiger partial charge >= 0.3 is 18.0 Å². The van der Waals surface area contributed by atoms with Gasteiger partial charge in [-0.2, -0.15) is 0 Å². The van der Waals surface area contributed by atoms with Crippen molar-refractivity contribution in [2.24, 2.45) is 0 Å². The number of nitro groups is 1. The van der Waals surface area contributed by atoms with Gasteiger partial charge < -0.3 is 81.1 Å². The van der Waals surface area contributed by atoms with Crippen LogP contribution in [0.5, 0.6) is 86.2 Å². The summed E-state index contributed by atoms with van der Waals surface area (Å²) in [4.78, 5) is 91.1. The van der Waals surface area contributed by atoms with Crippen LogP contribution in [0.1, 0.15) is 67.5 Å². The average molecular weight is 1560 g/mol. The first-order valence-electron chi connectivity index (χ1n) is 34.9. The normalized spacial score (nSPS) is 14.4. The number of alkyl carbamates (subject to hydrolysis) is 1. The number of nitrogens with one attached hydrogen (secondary N) is 1. The lowest BCUT2D eigenvalue weighted by atomic mass is 9.88. The second-order valence-electron chi connectivity index (χ2n) is 24.8. The molecule has 9 aromatic carbocycles. The number of hydrogen-bond donors (Lipinski definition) is 1. The molecule has 3 heterocycles. The molecule has 0 aliphatic carbocycles. The van der Waals surface area contributed by atoms with Crippen LogP contribution in [0.3, 0.4) is 0 Å². The van der Waals surface area contributed by atoms with Crippen LogP contribution in [0, 0.1) is 10.1 Å². The fraction of sp³-hybridized carbons (Fsp3) is 0.224. The predicted molar refractivity (Wildman–Crippen MR) is 420 cm³/mol. The Balaban J connectivity index is 0.000000182. The van der Waals surface area contributed by atoms with E-state index in [1.807, 2.05) is 48.5 Å². The van der Waals surface area contributed by atoms with Crippen LogP contribution in [0.2, 0.25) is 0 Å². The highest BCUT2D eigenvalue weighted by Crippen LogP contribution is 2.53. The molecule has 9 aromatic rings. The minimum absolute atomic E-state index is 0.102. The van der Waals surface area contributed by atoms with Crippen molar-refractivity contribution in [3.05, 3.63) is 256 Å². The summed E-state index contributed by atoms with van der Waals surface area (Å²) in [6.45, 7) is 12.8. The van der Waals surface area contributed by atoms with E-state index in [4.69, 9.17) is 75.8 Å². The second-order valence-corrected chi connectivity index (χ2v) is 24.8. The molecule has 29 heteroatoms. The maximum Gasteiger partial charge on any atom is 0.407 e.